The highest BCUT2D eigenvalue weighted by atomic mass is 19.4. The molecule has 0 saturated carbocycles. The molecule has 3 atom stereocenters. The van der Waals surface area contributed by atoms with E-state index in [0.29, 0.717) is 12.8 Å². The molecule has 1 rings (SSSR count). The van der Waals surface area contributed by atoms with Crippen molar-refractivity contribution in [1.29, 1.82) is 0 Å². The molecule has 0 spiro atoms. The average molecular weight is 411 g/mol. The van der Waals surface area contributed by atoms with Crippen molar-refractivity contribution < 1.29 is 42.1 Å². The Morgan fingerprint density at radius 1 is 1.07 bits per heavy atom. The number of nitrogens with two attached hydrogens (primary N) is 1. The molecule has 1 aromatic rings. The van der Waals surface area contributed by atoms with Crippen LogP contribution in [0, 0.1) is 0 Å². The number of carbonyl (C=O) groups is 1. The number of halogens is 5. The lowest BCUT2D eigenvalue weighted by atomic mass is 9.89. The number of aliphatic carboxylic acids is 1. The maximum Gasteiger partial charge on any atom is 0.393 e. The maximum absolute atomic E-state index is 12.8. The van der Waals surface area contributed by atoms with Crippen LogP contribution in [0.3, 0.4) is 0 Å². The summed E-state index contributed by atoms with van der Waals surface area (Å²) in [5.41, 5.74) is 2.67. The third-order valence-corrected chi connectivity index (χ3v) is 4.16. The standard InChI is InChI=1S/C18H22F5NO4/c19-15(20)18(24,16(27)28)14(26)13(25)5-3-1-2-4-11-6-8-12(9-7-11)10-17(21,22)23/h1,3,6-9,13-15,25-26H,2,4-5,10,24H2,(H,27,28). The van der Waals surface area contributed by atoms with Gasteiger partial charge in [0.15, 0.2) is 0 Å². The molecule has 0 amide bonds. The number of aryl methyl sites for hydroxylation is 1. The Kier molecular flexibility index (Phi) is 8.52. The van der Waals surface area contributed by atoms with Gasteiger partial charge in [-0.15, -0.1) is 0 Å². The molecule has 28 heavy (non-hydrogen) atoms. The zero-order chi connectivity index (χ0) is 21.5. The van der Waals surface area contributed by atoms with Gasteiger partial charge in [0.25, 0.3) is 6.43 Å². The second-order valence-electron chi connectivity index (χ2n) is 6.41. The van der Waals surface area contributed by atoms with Gasteiger partial charge in [0.2, 0.25) is 5.54 Å². The fourth-order valence-corrected chi connectivity index (χ4v) is 2.45. The van der Waals surface area contributed by atoms with E-state index in [1.807, 2.05) is 0 Å². The first-order valence-corrected chi connectivity index (χ1v) is 8.34. The Balaban J connectivity index is 2.50. The van der Waals surface area contributed by atoms with Gasteiger partial charge in [0, 0.05) is 0 Å². The van der Waals surface area contributed by atoms with Crippen LogP contribution in [-0.4, -0.2) is 51.6 Å². The molecule has 0 saturated heterocycles. The summed E-state index contributed by atoms with van der Waals surface area (Å²) in [4.78, 5) is 10.9. The monoisotopic (exact) mass is 411 g/mol. The summed E-state index contributed by atoms with van der Waals surface area (Å²) in [6.45, 7) is 0. The predicted molar refractivity (Wildman–Crippen MR) is 90.9 cm³/mol. The number of carboxylic acids is 1. The lowest BCUT2D eigenvalue weighted by Gasteiger charge is -2.31. The van der Waals surface area contributed by atoms with Crippen molar-refractivity contribution in [1.82, 2.24) is 0 Å². The van der Waals surface area contributed by atoms with Gasteiger partial charge in [-0.1, -0.05) is 36.4 Å². The van der Waals surface area contributed by atoms with E-state index in [-0.39, 0.29) is 12.0 Å². The fraction of sp³-hybridized carbons (Fsp3) is 0.500. The molecular formula is C18H22F5NO4. The van der Waals surface area contributed by atoms with Crippen LogP contribution in [0.25, 0.3) is 0 Å². The molecule has 5 N–H and O–H groups in total. The van der Waals surface area contributed by atoms with Crippen molar-refractivity contribution >= 4 is 5.97 Å². The highest BCUT2D eigenvalue weighted by Gasteiger charge is 2.52. The Morgan fingerprint density at radius 2 is 1.61 bits per heavy atom. The number of rotatable bonds is 10. The lowest BCUT2D eigenvalue weighted by Crippen LogP contribution is -2.65. The van der Waals surface area contributed by atoms with Crippen molar-refractivity contribution in [3.63, 3.8) is 0 Å². The van der Waals surface area contributed by atoms with Crippen molar-refractivity contribution in [2.45, 2.75) is 56.0 Å². The normalized spacial score (nSPS) is 16.9. The van der Waals surface area contributed by atoms with Crippen LogP contribution in [0.4, 0.5) is 22.0 Å². The SMILES string of the molecule is NC(C(=O)O)(C(F)F)C(O)C(O)CC=CCCc1ccc(CC(F)(F)F)cc1. The van der Waals surface area contributed by atoms with Crippen molar-refractivity contribution in [3.8, 4) is 0 Å². The van der Waals surface area contributed by atoms with Crippen LogP contribution >= 0.6 is 0 Å². The van der Waals surface area contributed by atoms with Gasteiger partial charge in [-0.05, 0) is 30.4 Å². The molecule has 0 bridgehead atoms. The van der Waals surface area contributed by atoms with Crippen molar-refractivity contribution in [2.24, 2.45) is 5.73 Å². The van der Waals surface area contributed by atoms with Gasteiger partial charge in [-0.25, -0.2) is 13.6 Å². The molecule has 0 heterocycles. The van der Waals surface area contributed by atoms with Gasteiger partial charge in [0.1, 0.15) is 6.10 Å². The molecular weight excluding hydrogens is 389 g/mol. The first-order valence-electron chi connectivity index (χ1n) is 8.34. The van der Waals surface area contributed by atoms with Crippen LogP contribution in [0.2, 0.25) is 0 Å². The highest BCUT2D eigenvalue weighted by Crippen LogP contribution is 2.23. The van der Waals surface area contributed by atoms with Gasteiger partial charge < -0.3 is 21.1 Å². The van der Waals surface area contributed by atoms with E-state index >= 15 is 0 Å². The van der Waals surface area contributed by atoms with Gasteiger partial charge in [0.05, 0.1) is 12.5 Å². The predicted octanol–water partition coefficient (Wildman–Crippen LogP) is 2.44. The molecule has 0 radical (unpaired) electrons. The van der Waals surface area contributed by atoms with E-state index in [1.165, 1.54) is 18.2 Å². The van der Waals surface area contributed by atoms with E-state index in [4.69, 9.17) is 10.8 Å². The third kappa shape index (κ3) is 6.84. The summed E-state index contributed by atoms with van der Waals surface area (Å²) in [6, 6.07) is 5.88. The summed E-state index contributed by atoms with van der Waals surface area (Å²) >= 11 is 0. The molecule has 10 heteroatoms. The summed E-state index contributed by atoms with van der Waals surface area (Å²) in [6.07, 6.45) is -9.50. The van der Waals surface area contributed by atoms with E-state index in [9.17, 15) is 37.0 Å². The van der Waals surface area contributed by atoms with Gasteiger partial charge in [-0.2, -0.15) is 13.2 Å². The molecule has 158 valence electrons. The first-order chi connectivity index (χ1) is 12.9. The quantitative estimate of drug-likeness (QED) is 0.350. The lowest BCUT2D eigenvalue weighted by molar-refractivity contribution is -0.163. The highest BCUT2D eigenvalue weighted by molar-refractivity contribution is 5.80. The van der Waals surface area contributed by atoms with Gasteiger partial charge in [-0.3, -0.25) is 0 Å². The summed E-state index contributed by atoms with van der Waals surface area (Å²) < 4.78 is 62.5. The average Bonchev–Trinajstić information content (AvgIpc) is 2.59. The van der Waals surface area contributed by atoms with Crippen LogP contribution in [0.15, 0.2) is 36.4 Å². The number of benzene rings is 1. The molecule has 3 unspecified atom stereocenters. The Bertz CT molecular complexity index is 663. The third-order valence-electron chi connectivity index (χ3n) is 4.16. The zero-order valence-corrected chi connectivity index (χ0v) is 14.7. The van der Waals surface area contributed by atoms with Crippen molar-refractivity contribution in [2.75, 3.05) is 0 Å². The van der Waals surface area contributed by atoms with E-state index in [0.717, 1.165) is 5.56 Å². The summed E-state index contributed by atoms with van der Waals surface area (Å²) in [5, 5.41) is 28.2. The Labute approximate surface area is 158 Å². The van der Waals surface area contributed by atoms with E-state index < -0.39 is 42.7 Å². The van der Waals surface area contributed by atoms with Crippen LogP contribution in [0.5, 0.6) is 0 Å². The molecule has 1 aromatic carbocycles. The van der Waals surface area contributed by atoms with Crippen LogP contribution < -0.4 is 5.73 Å². The second-order valence-corrected chi connectivity index (χ2v) is 6.41. The first kappa shape index (κ1) is 24.0. The second kappa shape index (κ2) is 9.94. The number of alkyl halides is 5. The summed E-state index contributed by atoms with van der Waals surface area (Å²) in [5.74, 6) is -2.13. The number of aliphatic hydroxyl groups excluding tert-OH is 2. The maximum atomic E-state index is 12.8. The molecule has 0 aliphatic rings. The number of aliphatic hydroxyl groups is 2. The molecule has 5 nitrogen and oxygen atoms in total. The van der Waals surface area contributed by atoms with Crippen molar-refractivity contribution in [3.05, 3.63) is 47.5 Å². The number of hydrogen-bond donors (Lipinski definition) is 4. The Morgan fingerprint density at radius 3 is 2.07 bits per heavy atom. The molecule has 0 aliphatic carbocycles. The minimum absolute atomic E-state index is 0.145. The number of hydrogen-bond acceptors (Lipinski definition) is 4. The minimum Gasteiger partial charge on any atom is -0.480 e. The smallest absolute Gasteiger partial charge is 0.393 e. The fourth-order valence-electron chi connectivity index (χ4n) is 2.45. The van der Waals surface area contributed by atoms with Crippen LogP contribution in [-0.2, 0) is 17.6 Å². The van der Waals surface area contributed by atoms with Gasteiger partial charge >= 0.3 is 12.1 Å². The minimum atomic E-state index is -4.28. The Hall–Kier alpha value is -2.04. The largest absolute Gasteiger partial charge is 0.480 e. The van der Waals surface area contributed by atoms with Crippen LogP contribution in [0.1, 0.15) is 24.0 Å². The van der Waals surface area contributed by atoms with E-state index in [1.54, 1.807) is 18.2 Å². The molecule has 0 fully saturated rings. The van der Waals surface area contributed by atoms with E-state index in [2.05, 4.69) is 0 Å². The molecule has 0 aromatic heterocycles. The number of allylic oxidation sites excluding steroid dienone is 1. The zero-order valence-electron chi connectivity index (χ0n) is 14.7. The summed E-state index contributed by atoms with van der Waals surface area (Å²) in [7, 11) is 0. The molecule has 0 aliphatic heterocycles. The topological polar surface area (TPSA) is 104 Å². The number of carboxylic acid groups (broad SMARTS) is 1.